The molecule has 0 saturated heterocycles. The third-order valence-electron chi connectivity index (χ3n) is 4.06. The van der Waals surface area contributed by atoms with Crippen molar-refractivity contribution in [3.63, 3.8) is 0 Å². The van der Waals surface area contributed by atoms with Crippen molar-refractivity contribution in [3.8, 4) is 5.75 Å². The molecule has 30 heavy (non-hydrogen) atoms. The molecular formula is C20H21F4N3O3. The lowest BCUT2D eigenvalue weighted by molar-refractivity contribution is -0.274. The number of amidine groups is 1. The topological polar surface area (TPSA) is 64.4 Å². The number of halogens is 4. The standard InChI is InChI=1S/C20H21F4N3O3/c1-12-6-5-7-16(19(25-3)27-28-4)17(12)11-29-26-13(2)15-9-8-14(10-18(15)21)30-20(22,23)24/h5-10H,11H2,1-4H3,(H,25,27)/b26-13+. The quantitative estimate of drug-likeness (QED) is 0.306. The van der Waals surface area contributed by atoms with Crippen LogP contribution in [0.3, 0.4) is 0 Å². The first-order valence-electron chi connectivity index (χ1n) is 8.73. The van der Waals surface area contributed by atoms with Crippen molar-refractivity contribution < 1.29 is 32.0 Å². The van der Waals surface area contributed by atoms with Crippen LogP contribution in [0, 0.1) is 12.7 Å². The van der Waals surface area contributed by atoms with Gasteiger partial charge in [-0.25, -0.2) is 9.87 Å². The van der Waals surface area contributed by atoms with E-state index in [2.05, 4.69) is 20.4 Å². The van der Waals surface area contributed by atoms with Crippen molar-refractivity contribution in [1.29, 1.82) is 0 Å². The lowest BCUT2D eigenvalue weighted by Crippen LogP contribution is -2.24. The molecule has 0 saturated carbocycles. The molecule has 0 fully saturated rings. The summed E-state index contributed by atoms with van der Waals surface area (Å²) in [6.07, 6.45) is -4.90. The molecule has 0 aromatic heterocycles. The number of aryl methyl sites for hydroxylation is 1. The number of benzene rings is 2. The smallest absolute Gasteiger partial charge is 0.406 e. The molecule has 0 aliphatic heterocycles. The van der Waals surface area contributed by atoms with Gasteiger partial charge in [-0.15, -0.1) is 13.2 Å². The third-order valence-corrected chi connectivity index (χ3v) is 4.06. The molecule has 0 unspecified atom stereocenters. The highest BCUT2D eigenvalue weighted by atomic mass is 19.4. The Balaban J connectivity index is 2.18. The number of nitrogens with one attached hydrogen (secondary N) is 1. The maximum atomic E-state index is 14.2. The second-order valence-corrected chi connectivity index (χ2v) is 6.12. The van der Waals surface area contributed by atoms with Gasteiger partial charge in [0.1, 0.15) is 18.2 Å². The summed E-state index contributed by atoms with van der Waals surface area (Å²) < 4.78 is 54.6. The molecule has 0 heterocycles. The van der Waals surface area contributed by atoms with Crippen LogP contribution in [0.25, 0.3) is 0 Å². The number of hydroxylamine groups is 1. The monoisotopic (exact) mass is 427 g/mol. The van der Waals surface area contributed by atoms with Crippen LogP contribution in [0.15, 0.2) is 46.5 Å². The van der Waals surface area contributed by atoms with Gasteiger partial charge >= 0.3 is 6.36 Å². The van der Waals surface area contributed by atoms with Crippen molar-refractivity contribution in [2.75, 3.05) is 14.2 Å². The predicted molar refractivity (Wildman–Crippen MR) is 104 cm³/mol. The molecular weight excluding hydrogens is 406 g/mol. The van der Waals surface area contributed by atoms with Crippen LogP contribution < -0.4 is 10.2 Å². The molecule has 6 nitrogen and oxygen atoms in total. The molecule has 162 valence electrons. The minimum atomic E-state index is -4.90. The Labute approximate surface area is 171 Å². The first-order valence-corrected chi connectivity index (χ1v) is 8.73. The number of nitrogens with zero attached hydrogens (tertiary/aromatic N) is 2. The summed E-state index contributed by atoms with van der Waals surface area (Å²) in [5.41, 5.74) is 5.28. The minimum absolute atomic E-state index is 0.00797. The Morgan fingerprint density at radius 1 is 1.13 bits per heavy atom. The molecule has 0 atom stereocenters. The van der Waals surface area contributed by atoms with Crippen molar-refractivity contribution in [2.24, 2.45) is 10.1 Å². The van der Waals surface area contributed by atoms with Crippen LogP contribution in [0.4, 0.5) is 17.6 Å². The highest BCUT2D eigenvalue weighted by molar-refractivity contribution is 6.00. The van der Waals surface area contributed by atoms with Gasteiger partial charge in [0, 0.05) is 29.8 Å². The average molecular weight is 427 g/mol. The van der Waals surface area contributed by atoms with Crippen LogP contribution in [0.5, 0.6) is 5.75 Å². The Morgan fingerprint density at radius 3 is 2.47 bits per heavy atom. The van der Waals surface area contributed by atoms with Gasteiger partial charge in [-0.1, -0.05) is 23.4 Å². The zero-order chi connectivity index (χ0) is 22.3. The Kier molecular flexibility index (Phi) is 7.76. The number of rotatable bonds is 7. The first kappa shape index (κ1) is 23.1. The van der Waals surface area contributed by atoms with Crippen LogP contribution in [-0.4, -0.2) is 32.1 Å². The van der Waals surface area contributed by atoms with Crippen LogP contribution in [0.1, 0.15) is 29.2 Å². The number of hydrogen-bond acceptors (Lipinski definition) is 5. The van der Waals surface area contributed by atoms with Gasteiger partial charge in [0.2, 0.25) is 0 Å². The SMILES string of the molecule is CN=C(NOC)c1cccc(C)c1CO/N=C(\C)c1ccc(OC(F)(F)F)cc1F. The third kappa shape index (κ3) is 6.18. The molecule has 0 amide bonds. The lowest BCUT2D eigenvalue weighted by atomic mass is 10.0. The van der Waals surface area contributed by atoms with E-state index in [0.717, 1.165) is 28.8 Å². The molecule has 2 aromatic rings. The summed E-state index contributed by atoms with van der Waals surface area (Å²) in [4.78, 5) is 14.4. The van der Waals surface area contributed by atoms with Gasteiger partial charge in [-0.2, -0.15) is 0 Å². The highest BCUT2D eigenvalue weighted by Crippen LogP contribution is 2.25. The zero-order valence-electron chi connectivity index (χ0n) is 16.8. The summed E-state index contributed by atoms with van der Waals surface area (Å²) in [6.45, 7) is 3.42. The van der Waals surface area contributed by atoms with Crippen LogP contribution >= 0.6 is 0 Å². The summed E-state index contributed by atoms with van der Waals surface area (Å²) >= 11 is 0. The number of ether oxygens (including phenoxy) is 1. The fraction of sp³-hybridized carbons (Fsp3) is 0.300. The van der Waals surface area contributed by atoms with E-state index in [1.54, 1.807) is 7.05 Å². The average Bonchev–Trinajstić information content (AvgIpc) is 2.66. The number of alkyl halides is 3. The van der Waals surface area contributed by atoms with Gasteiger partial charge in [0.25, 0.3) is 0 Å². The summed E-state index contributed by atoms with van der Waals surface area (Å²) in [5, 5.41) is 3.89. The van der Waals surface area contributed by atoms with Crippen molar-refractivity contribution in [2.45, 2.75) is 26.8 Å². The summed E-state index contributed by atoms with van der Waals surface area (Å²) in [5.74, 6) is -1.08. The van der Waals surface area contributed by atoms with Gasteiger partial charge in [0.05, 0.1) is 12.8 Å². The first-order chi connectivity index (χ1) is 14.2. The van der Waals surface area contributed by atoms with Crippen LogP contribution in [-0.2, 0) is 16.3 Å². The largest absolute Gasteiger partial charge is 0.573 e. The van der Waals surface area contributed by atoms with E-state index < -0.39 is 17.9 Å². The molecule has 0 radical (unpaired) electrons. The predicted octanol–water partition coefficient (Wildman–Crippen LogP) is 4.50. The number of oxime groups is 1. The van der Waals surface area contributed by atoms with Crippen molar-refractivity contribution in [3.05, 3.63) is 64.5 Å². The van der Waals surface area contributed by atoms with E-state index in [1.165, 1.54) is 14.0 Å². The van der Waals surface area contributed by atoms with Crippen molar-refractivity contribution in [1.82, 2.24) is 5.48 Å². The normalized spacial score (nSPS) is 12.7. The van der Waals surface area contributed by atoms with Crippen LogP contribution in [0.2, 0.25) is 0 Å². The molecule has 2 aromatic carbocycles. The molecule has 1 N–H and O–H groups in total. The van der Waals surface area contributed by atoms with E-state index in [0.29, 0.717) is 11.9 Å². The summed E-state index contributed by atoms with van der Waals surface area (Å²) in [6, 6.07) is 8.35. The zero-order valence-corrected chi connectivity index (χ0v) is 16.8. The number of hydrogen-bond donors (Lipinski definition) is 1. The molecule has 0 bridgehead atoms. The van der Waals surface area contributed by atoms with E-state index in [1.807, 2.05) is 25.1 Å². The second-order valence-electron chi connectivity index (χ2n) is 6.12. The molecule has 0 aliphatic carbocycles. The fourth-order valence-corrected chi connectivity index (χ4v) is 2.66. The van der Waals surface area contributed by atoms with Crippen molar-refractivity contribution >= 4 is 11.5 Å². The van der Waals surface area contributed by atoms with E-state index in [9.17, 15) is 17.6 Å². The lowest BCUT2D eigenvalue weighted by Gasteiger charge is -2.14. The Hall–Kier alpha value is -3.14. The Morgan fingerprint density at radius 2 is 1.87 bits per heavy atom. The maximum absolute atomic E-state index is 14.2. The Bertz CT molecular complexity index is 943. The number of aliphatic imine (C=N–C) groups is 1. The molecule has 10 heteroatoms. The second kappa shape index (κ2) is 10.1. The molecule has 0 aliphatic rings. The highest BCUT2D eigenvalue weighted by Gasteiger charge is 2.31. The van der Waals surface area contributed by atoms with Gasteiger partial charge in [-0.05, 0) is 31.5 Å². The van der Waals surface area contributed by atoms with Gasteiger partial charge in [-0.3, -0.25) is 9.83 Å². The van der Waals surface area contributed by atoms with Gasteiger partial charge in [0.15, 0.2) is 5.84 Å². The molecule has 2 rings (SSSR count). The fourth-order valence-electron chi connectivity index (χ4n) is 2.66. The van der Waals surface area contributed by atoms with E-state index in [4.69, 9.17) is 9.68 Å². The van der Waals surface area contributed by atoms with E-state index >= 15 is 0 Å². The summed E-state index contributed by atoms with van der Waals surface area (Å²) in [7, 11) is 3.07. The van der Waals surface area contributed by atoms with E-state index in [-0.39, 0.29) is 17.9 Å². The maximum Gasteiger partial charge on any atom is 0.573 e. The molecule has 0 spiro atoms. The minimum Gasteiger partial charge on any atom is -0.406 e. The van der Waals surface area contributed by atoms with Gasteiger partial charge < -0.3 is 9.57 Å².